The number of nitrogens with one attached hydrogen (secondary N) is 4. The lowest BCUT2D eigenvalue weighted by Gasteiger charge is -2.24. The number of halogens is 4. The lowest BCUT2D eigenvalue weighted by molar-refractivity contribution is -0.137. The zero-order valence-corrected chi connectivity index (χ0v) is 19.3. The number of hydrogen-bond donors (Lipinski definition) is 5. The first-order chi connectivity index (χ1) is 16.7. The molecule has 1 aliphatic carbocycles. The summed E-state index contributed by atoms with van der Waals surface area (Å²) in [5, 5.41) is 17.3. The maximum Gasteiger partial charge on any atom is 0.417 e. The van der Waals surface area contributed by atoms with Crippen molar-refractivity contribution in [2.45, 2.75) is 37.9 Å². The summed E-state index contributed by atoms with van der Waals surface area (Å²) >= 11 is 5.64. The van der Waals surface area contributed by atoms with Gasteiger partial charge in [-0.2, -0.15) is 13.2 Å². The van der Waals surface area contributed by atoms with E-state index in [9.17, 15) is 22.8 Å². The third-order valence-electron chi connectivity index (χ3n) is 5.94. The van der Waals surface area contributed by atoms with E-state index in [4.69, 9.17) is 16.7 Å². The van der Waals surface area contributed by atoms with Gasteiger partial charge in [0.15, 0.2) is 0 Å². The van der Waals surface area contributed by atoms with Gasteiger partial charge in [0.25, 0.3) is 5.91 Å². The van der Waals surface area contributed by atoms with Gasteiger partial charge in [0.1, 0.15) is 0 Å². The van der Waals surface area contributed by atoms with Crippen LogP contribution in [0.3, 0.4) is 0 Å². The fraction of sp³-hybridized carbons (Fsp3) is 0.333. The van der Waals surface area contributed by atoms with Crippen molar-refractivity contribution in [2.75, 3.05) is 18.5 Å². The van der Waals surface area contributed by atoms with Crippen LogP contribution in [-0.2, 0) is 19.0 Å². The van der Waals surface area contributed by atoms with Crippen molar-refractivity contribution in [2.24, 2.45) is 0 Å². The number of aryl methyl sites for hydroxylation is 1. The van der Waals surface area contributed by atoms with Gasteiger partial charge in [0.05, 0.1) is 10.6 Å². The summed E-state index contributed by atoms with van der Waals surface area (Å²) < 4.78 is 39.3. The maximum absolute atomic E-state index is 13.1. The molecule has 0 saturated heterocycles. The molecule has 0 bridgehead atoms. The molecule has 1 aromatic heterocycles. The Morgan fingerprint density at radius 2 is 2.00 bits per heavy atom. The fourth-order valence-corrected chi connectivity index (χ4v) is 4.56. The highest BCUT2D eigenvalue weighted by molar-refractivity contribution is 6.31. The van der Waals surface area contributed by atoms with Gasteiger partial charge in [0.2, 0.25) is 0 Å². The number of carbonyl (C=O) groups is 2. The molecular weight excluding hydrogens is 485 g/mol. The molecule has 0 fully saturated rings. The lowest BCUT2D eigenvalue weighted by Crippen LogP contribution is -2.41. The average molecular weight is 509 g/mol. The van der Waals surface area contributed by atoms with Crippen LogP contribution in [0.25, 0.3) is 10.9 Å². The quantitative estimate of drug-likeness (QED) is 0.313. The largest absolute Gasteiger partial charge is 0.417 e. The summed E-state index contributed by atoms with van der Waals surface area (Å²) in [5.74, 6) is -0.248. The average Bonchev–Trinajstić information content (AvgIpc) is 3.17. The molecule has 3 amide bonds. The molecule has 2 aromatic carbocycles. The SMILES string of the molecule is O=C(Nc1ccc(Cl)c(C(F)(F)F)c1)NC1CCc2[nH]c3cccc(C(=O)NCCCO)c3c2C1. The minimum Gasteiger partial charge on any atom is -0.396 e. The molecule has 0 spiro atoms. The Morgan fingerprint density at radius 1 is 1.20 bits per heavy atom. The smallest absolute Gasteiger partial charge is 0.396 e. The second-order valence-corrected chi connectivity index (χ2v) is 8.78. The Kier molecular flexibility index (Phi) is 7.23. The Hall–Kier alpha value is -3.24. The second kappa shape index (κ2) is 10.2. The first kappa shape index (κ1) is 24.9. The van der Waals surface area contributed by atoms with Gasteiger partial charge in [-0.05, 0) is 61.6 Å². The van der Waals surface area contributed by atoms with Gasteiger partial charge in [-0.3, -0.25) is 4.79 Å². The van der Waals surface area contributed by atoms with E-state index in [1.165, 1.54) is 6.07 Å². The standard InChI is InChI=1S/C24H24ClF3N4O3/c25-18-7-5-14(12-17(18)24(26,27)28)31-23(35)30-13-6-8-19-16(11-13)21-15(3-1-4-20(21)32-19)22(34)29-9-2-10-33/h1,3-5,7,12-13,32-33H,2,6,8-11H2,(H,29,34)(H2,30,31,35). The number of anilines is 1. The van der Waals surface area contributed by atoms with Gasteiger partial charge >= 0.3 is 12.2 Å². The molecule has 1 heterocycles. The zero-order valence-electron chi connectivity index (χ0n) is 18.6. The number of aliphatic hydroxyl groups excluding tert-OH is 1. The van der Waals surface area contributed by atoms with E-state index in [-0.39, 0.29) is 24.2 Å². The van der Waals surface area contributed by atoms with E-state index in [1.807, 2.05) is 6.07 Å². The van der Waals surface area contributed by atoms with Crippen LogP contribution in [0.1, 0.15) is 40.0 Å². The van der Waals surface area contributed by atoms with E-state index >= 15 is 0 Å². The maximum atomic E-state index is 13.1. The highest BCUT2D eigenvalue weighted by Gasteiger charge is 2.33. The normalized spacial score (nSPS) is 15.5. The molecule has 0 aliphatic heterocycles. The van der Waals surface area contributed by atoms with Crippen molar-refractivity contribution >= 4 is 40.1 Å². The number of alkyl halides is 3. The number of fused-ring (bicyclic) bond motifs is 3. The molecule has 35 heavy (non-hydrogen) atoms. The number of amides is 3. The molecule has 0 saturated carbocycles. The number of carbonyl (C=O) groups excluding carboxylic acids is 2. The van der Waals surface area contributed by atoms with Crippen molar-refractivity contribution in [3.8, 4) is 0 Å². The van der Waals surface area contributed by atoms with E-state index in [1.54, 1.807) is 12.1 Å². The summed E-state index contributed by atoms with van der Waals surface area (Å²) in [4.78, 5) is 28.6. The summed E-state index contributed by atoms with van der Waals surface area (Å²) in [6, 6.07) is 7.68. The topological polar surface area (TPSA) is 106 Å². The van der Waals surface area contributed by atoms with Crippen LogP contribution in [0.5, 0.6) is 0 Å². The number of H-pyrrole nitrogens is 1. The fourth-order valence-electron chi connectivity index (χ4n) is 4.34. The Bertz CT molecular complexity index is 1260. The molecule has 1 aliphatic rings. The number of hydrogen-bond acceptors (Lipinski definition) is 3. The summed E-state index contributed by atoms with van der Waals surface area (Å²) in [6.07, 6.45) is -2.47. The predicted molar refractivity (Wildman–Crippen MR) is 127 cm³/mol. The minimum absolute atomic E-state index is 0.0208. The lowest BCUT2D eigenvalue weighted by atomic mass is 9.90. The van der Waals surface area contributed by atoms with Gasteiger partial charge in [0, 0.05) is 47.0 Å². The third-order valence-corrected chi connectivity index (χ3v) is 6.27. The van der Waals surface area contributed by atoms with E-state index in [2.05, 4.69) is 20.9 Å². The molecule has 11 heteroatoms. The van der Waals surface area contributed by atoms with E-state index in [0.29, 0.717) is 37.8 Å². The van der Waals surface area contributed by atoms with E-state index in [0.717, 1.165) is 34.3 Å². The van der Waals surface area contributed by atoms with Crippen LogP contribution in [0.2, 0.25) is 5.02 Å². The second-order valence-electron chi connectivity index (χ2n) is 8.37. The van der Waals surface area contributed by atoms with Crippen molar-refractivity contribution in [3.05, 3.63) is 63.8 Å². The van der Waals surface area contributed by atoms with Crippen LogP contribution in [0.4, 0.5) is 23.7 Å². The molecule has 4 rings (SSSR count). The molecule has 5 N–H and O–H groups in total. The van der Waals surface area contributed by atoms with Gasteiger partial charge in [-0.25, -0.2) is 4.79 Å². The van der Waals surface area contributed by atoms with Gasteiger partial charge in [-0.1, -0.05) is 17.7 Å². The summed E-state index contributed by atoms with van der Waals surface area (Å²) in [7, 11) is 0. The number of rotatable bonds is 6. The summed E-state index contributed by atoms with van der Waals surface area (Å²) in [5.41, 5.74) is 2.18. The Labute approximate surface area is 204 Å². The number of aromatic amines is 1. The molecule has 7 nitrogen and oxygen atoms in total. The number of aliphatic hydroxyl groups is 1. The monoisotopic (exact) mass is 508 g/mol. The van der Waals surface area contributed by atoms with Crippen LogP contribution in [-0.4, -0.2) is 41.2 Å². The van der Waals surface area contributed by atoms with Crippen LogP contribution in [0, 0.1) is 0 Å². The van der Waals surface area contributed by atoms with Crippen LogP contribution < -0.4 is 16.0 Å². The zero-order chi connectivity index (χ0) is 25.2. The van der Waals surface area contributed by atoms with Crippen molar-refractivity contribution in [1.82, 2.24) is 15.6 Å². The predicted octanol–water partition coefficient (Wildman–Crippen LogP) is 4.63. The van der Waals surface area contributed by atoms with Gasteiger partial charge < -0.3 is 26.0 Å². The summed E-state index contributed by atoms with van der Waals surface area (Å²) in [6.45, 7) is 0.330. The molecule has 0 radical (unpaired) electrons. The molecular formula is C24H24ClF3N4O3. The Balaban J connectivity index is 1.49. The highest BCUT2D eigenvalue weighted by Crippen LogP contribution is 2.36. The Morgan fingerprint density at radius 3 is 2.74 bits per heavy atom. The number of aromatic nitrogens is 1. The first-order valence-corrected chi connectivity index (χ1v) is 11.5. The molecule has 186 valence electrons. The van der Waals surface area contributed by atoms with Crippen LogP contribution in [0.15, 0.2) is 36.4 Å². The first-order valence-electron chi connectivity index (χ1n) is 11.1. The molecule has 1 unspecified atom stereocenters. The van der Waals surface area contributed by atoms with Crippen molar-refractivity contribution in [1.29, 1.82) is 0 Å². The van der Waals surface area contributed by atoms with Crippen LogP contribution >= 0.6 is 11.6 Å². The van der Waals surface area contributed by atoms with Crippen molar-refractivity contribution < 1.29 is 27.9 Å². The van der Waals surface area contributed by atoms with Gasteiger partial charge in [-0.15, -0.1) is 0 Å². The molecule has 3 aromatic rings. The van der Waals surface area contributed by atoms with Crippen molar-refractivity contribution in [3.63, 3.8) is 0 Å². The highest BCUT2D eigenvalue weighted by atomic mass is 35.5. The molecule has 1 atom stereocenters. The van der Waals surface area contributed by atoms with E-state index < -0.39 is 22.8 Å². The third kappa shape index (κ3) is 5.54. The minimum atomic E-state index is -4.64. The number of benzene rings is 2. The number of urea groups is 1.